The number of hydrogen-bond acceptors (Lipinski definition) is 2. The van der Waals surface area contributed by atoms with E-state index in [-0.39, 0.29) is 5.63 Å². The molecular weight excluding hydrogens is 260 g/mol. The number of rotatable bonds is 3. The van der Waals surface area contributed by atoms with Crippen molar-refractivity contribution in [2.45, 2.75) is 32.6 Å². The van der Waals surface area contributed by atoms with Gasteiger partial charge in [-0.3, -0.25) is 0 Å². The average molecular weight is 275 g/mol. The monoisotopic (exact) mass is 274 g/mol. The number of halogens is 1. The van der Waals surface area contributed by atoms with Gasteiger partial charge in [0, 0.05) is 28.5 Å². The van der Waals surface area contributed by atoms with Gasteiger partial charge in [-0.05, 0) is 24.6 Å². The van der Waals surface area contributed by atoms with Crippen LogP contribution in [0, 0.1) is 11.8 Å². The van der Waals surface area contributed by atoms with Gasteiger partial charge in [0.1, 0.15) is 5.58 Å². The molecule has 0 amide bonds. The van der Waals surface area contributed by atoms with Gasteiger partial charge in [0.2, 0.25) is 0 Å². The normalized spacial score (nSPS) is 10.2. The Bertz CT molecular complexity index is 689. The van der Waals surface area contributed by atoms with Gasteiger partial charge in [-0.25, -0.2) is 4.79 Å². The zero-order valence-electron chi connectivity index (χ0n) is 10.8. The summed E-state index contributed by atoms with van der Waals surface area (Å²) in [5.41, 5.74) is 0.827. The van der Waals surface area contributed by atoms with Crippen LogP contribution in [0.15, 0.2) is 33.5 Å². The summed E-state index contributed by atoms with van der Waals surface area (Å²) in [6.07, 6.45) is 4.28. The van der Waals surface area contributed by atoms with Crippen LogP contribution < -0.4 is 5.63 Å². The first-order chi connectivity index (χ1) is 9.20. The van der Waals surface area contributed by atoms with E-state index in [1.807, 2.05) is 0 Å². The van der Waals surface area contributed by atoms with Crippen LogP contribution in [0.3, 0.4) is 0 Å². The molecule has 0 bridgehead atoms. The molecular formula is C16H15ClO2. The van der Waals surface area contributed by atoms with E-state index in [1.54, 1.807) is 18.2 Å². The molecule has 0 fully saturated rings. The van der Waals surface area contributed by atoms with Gasteiger partial charge < -0.3 is 4.42 Å². The van der Waals surface area contributed by atoms with Gasteiger partial charge in [0.05, 0.1) is 0 Å². The Morgan fingerprint density at radius 3 is 2.89 bits per heavy atom. The van der Waals surface area contributed by atoms with Crippen LogP contribution in [-0.4, -0.2) is 0 Å². The highest BCUT2D eigenvalue weighted by Gasteiger charge is 2.04. The van der Waals surface area contributed by atoms with Gasteiger partial charge >= 0.3 is 5.63 Å². The fourth-order valence-electron chi connectivity index (χ4n) is 1.86. The zero-order chi connectivity index (χ0) is 13.7. The molecule has 98 valence electrons. The molecule has 2 nitrogen and oxygen atoms in total. The maximum Gasteiger partial charge on any atom is 0.337 e. The SMILES string of the molecule is CCCCCC#Cc1cc(=O)oc2ccc(Cl)cc12. The van der Waals surface area contributed by atoms with Crippen molar-refractivity contribution in [2.24, 2.45) is 0 Å². The second kappa shape index (κ2) is 6.45. The molecule has 1 aromatic carbocycles. The summed E-state index contributed by atoms with van der Waals surface area (Å²) >= 11 is 5.97. The van der Waals surface area contributed by atoms with Crippen molar-refractivity contribution < 1.29 is 4.42 Å². The van der Waals surface area contributed by atoms with E-state index in [0.29, 0.717) is 16.2 Å². The second-order valence-corrected chi connectivity index (χ2v) is 4.81. The molecule has 0 atom stereocenters. The summed E-state index contributed by atoms with van der Waals surface area (Å²) in [7, 11) is 0. The average Bonchev–Trinajstić information content (AvgIpc) is 2.39. The highest BCUT2D eigenvalue weighted by Crippen LogP contribution is 2.20. The Balaban J connectivity index is 2.36. The lowest BCUT2D eigenvalue weighted by atomic mass is 10.1. The summed E-state index contributed by atoms with van der Waals surface area (Å²) < 4.78 is 5.12. The van der Waals surface area contributed by atoms with Crippen LogP contribution in [0.4, 0.5) is 0 Å². The third-order valence-electron chi connectivity index (χ3n) is 2.83. The van der Waals surface area contributed by atoms with Gasteiger partial charge in [0.15, 0.2) is 0 Å². The highest BCUT2D eigenvalue weighted by atomic mass is 35.5. The van der Waals surface area contributed by atoms with Crippen molar-refractivity contribution in [3.8, 4) is 11.8 Å². The molecule has 0 saturated carbocycles. The van der Waals surface area contributed by atoms with E-state index in [9.17, 15) is 4.79 Å². The Hall–Kier alpha value is -1.72. The lowest BCUT2D eigenvalue weighted by molar-refractivity contribution is 0.560. The van der Waals surface area contributed by atoms with Gasteiger partial charge in [0.25, 0.3) is 0 Å². The van der Waals surface area contributed by atoms with Crippen LogP contribution in [0.25, 0.3) is 11.0 Å². The molecule has 2 aromatic rings. The van der Waals surface area contributed by atoms with Crippen molar-refractivity contribution in [1.82, 2.24) is 0 Å². The number of unbranched alkanes of at least 4 members (excludes halogenated alkanes) is 3. The maximum absolute atomic E-state index is 11.5. The predicted molar refractivity (Wildman–Crippen MR) is 78.5 cm³/mol. The lowest BCUT2D eigenvalue weighted by Gasteiger charge is -1.99. The van der Waals surface area contributed by atoms with E-state index in [0.717, 1.165) is 18.2 Å². The van der Waals surface area contributed by atoms with Crippen LogP contribution in [0.1, 0.15) is 38.2 Å². The van der Waals surface area contributed by atoms with E-state index < -0.39 is 0 Å². The minimum absolute atomic E-state index is 0.382. The van der Waals surface area contributed by atoms with E-state index in [2.05, 4.69) is 18.8 Å². The minimum atomic E-state index is -0.382. The smallest absolute Gasteiger partial charge is 0.337 e. The Morgan fingerprint density at radius 1 is 1.26 bits per heavy atom. The van der Waals surface area contributed by atoms with Crippen molar-refractivity contribution in [2.75, 3.05) is 0 Å². The van der Waals surface area contributed by atoms with Crippen LogP contribution in [-0.2, 0) is 0 Å². The van der Waals surface area contributed by atoms with Crippen molar-refractivity contribution in [3.05, 3.63) is 45.3 Å². The van der Waals surface area contributed by atoms with E-state index in [4.69, 9.17) is 16.0 Å². The summed E-state index contributed by atoms with van der Waals surface area (Å²) in [6.45, 7) is 2.16. The summed E-state index contributed by atoms with van der Waals surface area (Å²) in [4.78, 5) is 11.5. The van der Waals surface area contributed by atoms with Crippen molar-refractivity contribution >= 4 is 22.6 Å². The fourth-order valence-corrected chi connectivity index (χ4v) is 2.03. The molecule has 0 aliphatic rings. The zero-order valence-corrected chi connectivity index (χ0v) is 11.6. The minimum Gasteiger partial charge on any atom is -0.423 e. The quantitative estimate of drug-likeness (QED) is 0.472. The van der Waals surface area contributed by atoms with Crippen LogP contribution in [0.2, 0.25) is 5.02 Å². The number of hydrogen-bond donors (Lipinski definition) is 0. The predicted octanol–water partition coefficient (Wildman–Crippen LogP) is 4.38. The van der Waals surface area contributed by atoms with E-state index >= 15 is 0 Å². The fraction of sp³-hybridized carbons (Fsp3) is 0.312. The second-order valence-electron chi connectivity index (χ2n) is 4.38. The maximum atomic E-state index is 11.5. The summed E-state index contributed by atoms with van der Waals surface area (Å²) in [6, 6.07) is 6.59. The Labute approximate surface area is 117 Å². The molecule has 0 spiro atoms. The molecule has 19 heavy (non-hydrogen) atoms. The van der Waals surface area contributed by atoms with Gasteiger partial charge in [-0.1, -0.05) is 43.2 Å². The number of fused-ring (bicyclic) bond motifs is 1. The van der Waals surface area contributed by atoms with E-state index in [1.165, 1.54) is 18.9 Å². The molecule has 0 aliphatic carbocycles. The van der Waals surface area contributed by atoms with Crippen molar-refractivity contribution in [3.63, 3.8) is 0 Å². The first kappa shape index (κ1) is 13.7. The third-order valence-corrected chi connectivity index (χ3v) is 3.07. The molecule has 0 radical (unpaired) electrons. The summed E-state index contributed by atoms with van der Waals surface area (Å²) in [5, 5.41) is 1.39. The molecule has 0 N–H and O–H groups in total. The topological polar surface area (TPSA) is 30.2 Å². The summed E-state index contributed by atoms with van der Waals surface area (Å²) in [5.74, 6) is 6.15. The third kappa shape index (κ3) is 3.62. The highest BCUT2D eigenvalue weighted by molar-refractivity contribution is 6.31. The molecule has 1 aromatic heterocycles. The van der Waals surface area contributed by atoms with Crippen LogP contribution in [0.5, 0.6) is 0 Å². The first-order valence-electron chi connectivity index (χ1n) is 6.43. The van der Waals surface area contributed by atoms with Gasteiger partial charge in [-0.15, -0.1) is 0 Å². The largest absolute Gasteiger partial charge is 0.423 e. The molecule has 0 unspecified atom stereocenters. The Morgan fingerprint density at radius 2 is 2.11 bits per heavy atom. The van der Waals surface area contributed by atoms with Crippen LogP contribution >= 0.6 is 11.6 Å². The molecule has 0 saturated heterocycles. The molecule has 2 rings (SSSR count). The Kier molecular flexibility index (Phi) is 4.65. The molecule has 0 aliphatic heterocycles. The van der Waals surface area contributed by atoms with Crippen molar-refractivity contribution in [1.29, 1.82) is 0 Å². The first-order valence-corrected chi connectivity index (χ1v) is 6.81. The molecule has 3 heteroatoms. The molecule has 1 heterocycles. The lowest BCUT2D eigenvalue weighted by Crippen LogP contribution is -1.98. The number of benzene rings is 1. The standard InChI is InChI=1S/C16H15ClO2/c1-2-3-4-5-6-7-12-10-16(18)19-15-9-8-13(17)11-14(12)15/h8-11H,2-5H2,1H3. The van der Waals surface area contributed by atoms with Gasteiger partial charge in [-0.2, -0.15) is 0 Å².